The number of nitrogens with one attached hydrogen (secondary N) is 1. The summed E-state index contributed by atoms with van der Waals surface area (Å²) in [6.07, 6.45) is 1.72. The first kappa shape index (κ1) is 14.5. The maximum absolute atomic E-state index is 12.0. The molecule has 0 bridgehead atoms. The van der Waals surface area contributed by atoms with Gasteiger partial charge in [0, 0.05) is 17.5 Å². The zero-order chi connectivity index (χ0) is 14.5. The van der Waals surface area contributed by atoms with Gasteiger partial charge in [-0.1, -0.05) is 0 Å². The lowest BCUT2D eigenvalue weighted by molar-refractivity contribution is 0.0954. The predicted octanol–water partition coefficient (Wildman–Crippen LogP) is 1.54. The minimum atomic E-state index is -0.328. The molecule has 0 aromatic heterocycles. The number of hydrazone groups is 1. The van der Waals surface area contributed by atoms with E-state index >= 15 is 0 Å². The quantitative estimate of drug-likeness (QED) is 0.490. The number of rotatable bonds is 6. The maximum Gasteiger partial charge on any atom is 0.271 e. The molecule has 108 valence electrons. The van der Waals surface area contributed by atoms with Crippen LogP contribution >= 0.6 is 11.8 Å². The van der Waals surface area contributed by atoms with Crippen LogP contribution in [0.5, 0.6) is 17.2 Å². The van der Waals surface area contributed by atoms with Crippen molar-refractivity contribution in [3.05, 3.63) is 17.7 Å². The molecule has 0 aliphatic carbocycles. The van der Waals surface area contributed by atoms with Crippen LogP contribution < -0.4 is 19.6 Å². The van der Waals surface area contributed by atoms with E-state index in [1.165, 1.54) is 21.3 Å². The molecule has 1 fully saturated rings. The number of methoxy groups -OCH3 is 3. The second-order valence-electron chi connectivity index (χ2n) is 4.00. The Morgan fingerprint density at radius 1 is 1.30 bits per heavy atom. The van der Waals surface area contributed by atoms with E-state index in [1.54, 1.807) is 30.1 Å². The first-order valence-electron chi connectivity index (χ1n) is 5.94. The smallest absolute Gasteiger partial charge is 0.271 e. The van der Waals surface area contributed by atoms with Crippen molar-refractivity contribution in [2.75, 3.05) is 27.1 Å². The van der Waals surface area contributed by atoms with Crippen LogP contribution in [0, 0.1) is 0 Å². The molecule has 1 heterocycles. The second-order valence-corrected chi connectivity index (χ2v) is 5.28. The van der Waals surface area contributed by atoms with Crippen LogP contribution in [0.3, 0.4) is 0 Å². The number of benzene rings is 1. The summed E-state index contributed by atoms with van der Waals surface area (Å²) in [6.45, 7) is 0. The zero-order valence-corrected chi connectivity index (χ0v) is 12.3. The molecule has 1 aromatic carbocycles. The van der Waals surface area contributed by atoms with Gasteiger partial charge in [-0.05, 0) is 12.1 Å². The van der Waals surface area contributed by atoms with Crippen molar-refractivity contribution in [2.45, 2.75) is 5.25 Å². The van der Waals surface area contributed by atoms with Crippen LogP contribution in [0.1, 0.15) is 10.4 Å². The Morgan fingerprint density at radius 3 is 2.35 bits per heavy atom. The molecule has 7 heteroatoms. The molecular weight excluding hydrogens is 280 g/mol. The van der Waals surface area contributed by atoms with Crippen molar-refractivity contribution in [1.82, 2.24) is 5.43 Å². The first-order chi connectivity index (χ1) is 9.69. The standard InChI is InChI=1S/C13H16N2O4S/c1-17-10-4-8(5-11(18-2)12(10)19-3)13(16)15-14-6-9-7-20-9/h4-6,9H,7H2,1-3H3,(H,15,16)/b14-6+. The second kappa shape index (κ2) is 6.51. The molecule has 1 N–H and O–H groups in total. The lowest BCUT2D eigenvalue weighted by atomic mass is 10.1. The van der Waals surface area contributed by atoms with E-state index in [4.69, 9.17) is 14.2 Å². The van der Waals surface area contributed by atoms with Crippen LogP contribution in [0.2, 0.25) is 0 Å². The van der Waals surface area contributed by atoms with Crippen LogP contribution in [0.15, 0.2) is 17.2 Å². The van der Waals surface area contributed by atoms with Gasteiger partial charge < -0.3 is 14.2 Å². The highest BCUT2D eigenvalue weighted by atomic mass is 32.2. The lowest BCUT2D eigenvalue weighted by Crippen LogP contribution is -2.18. The third kappa shape index (κ3) is 3.36. The number of thioether (sulfide) groups is 1. The van der Waals surface area contributed by atoms with E-state index in [-0.39, 0.29) is 5.91 Å². The van der Waals surface area contributed by atoms with Gasteiger partial charge in [0.2, 0.25) is 5.75 Å². The molecule has 1 saturated heterocycles. The average Bonchev–Trinajstić information content (AvgIpc) is 3.29. The van der Waals surface area contributed by atoms with Gasteiger partial charge in [0.1, 0.15) is 0 Å². The number of carbonyl (C=O) groups excluding carboxylic acids is 1. The molecule has 6 nitrogen and oxygen atoms in total. The maximum atomic E-state index is 12.0. The molecule has 1 amide bonds. The predicted molar refractivity (Wildman–Crippen MR) is 78.3 cm³/mol. The summed E-state index contributed by atoms with van der Waals surface area (Å²) in [7, 11) is 4.51. The molecule has 1 aromatic rings. The van der Waals surface area contributed by atoms with Gasteiger partial charge in [-0.2, -0.15) is 16.9 Å². The topological polar surface area (TPSA) is 69.2 Å². The van der Waals surface area contributed by atoms with E-state index in [2.05, 4.69) is 10.5 Å². The highest BCUT2D eigenvalue weighted by Crippen LogP contribution is 2.38. The molecule has 0 saturated carbocycles. The Balaban J connectivity index is 2.19. The Hall–Kier alpha value is -1.89. The zero-order valence-electron chi connectivity index (χ0n) is 11.5. The van der Waals surface area contributed by atoms with Gasteiger partial charge in [0.05, 0.1) is 26.6 Å². The van der Waals surface area contributed by atoms with Crippen molar-refractivity contribution < 1.29 is 19.0 Å². The van der Waals surface area contributed by atoms with E-state index < -0.39 is 0 Å². The van der Waals surface area contributed by atoms with Crippen molar-refractivity contribution in [3.8, 4) is 17.2 Å². The Labute approximate surface area is 121 Å². The fourth-order valence-electron chi connectivity index (χ4n) is 1.60. The summed E-state index contributed by atoms with van der Waals surface area (Å²) in [4.78, 5) is 12.0. The molecule has 2 rings (SSSR count). The van der Waals surface area contributed by atoms with E-state index in [0.29, 0.717) is 28.1 Å². The number of nitrogens with zero attached hydrogens (tertiary/aromatic N) is 1. The summed E-state index contributed by atoms with van der Waals surface area (Å²) in [5.74, 6) is 2.04. The van der Waals surface area contributed by atoms with Gasteiger partial charge >= 0.3 is 0 Å². The fourth-order valence-corrected chi connectivity index (χ4v) is 1.94. The van der Waals surface area contributed by atoms with Gasteiger partial charge in [0.15, 0.2) is 11.5 Å². The molecule has 20 heavy (non-hydrogen) atoms. The van der Waals surface area contributed by atoms with E-state index in [0.717, 1.165) is 5.75 Å². The van der Waals surface area contributed by atoms with Crippen LogP contribution in [0.25, 0.3) is 0 Å². The van der Waals surface area contributed by atoms with Crippen molar-refractivity contribution in [3.63, 3.8) is 0 Å². The van der Waals surface area contributed by atoms with E-state index in [1.807, 2.05) is 0 Å². The fraction of sp³-hybridized carbons (Fsp3) is 0.385. The molecule has 0 spiro atoms. The molecule has 1 aliphatic rings. The SMILES string of the molecule is COc1cc(C(=O)N/N=C/C2CS2)cc(OC)c1OC. The largest absolute Gasteiger partial charge is 0.493 e. The van der Waals surface area contributed by atoms with Gasteiger partial charge in [-0.15, -0.1) is 0 Å². The lowest BCUT2D eigenvalue weighted by Gasteiger charge is -2.13. The number of amides is 1. The summed E-state index contributed by atoms with van der Waals surface area (Å²) in [6, 6.07) is 3.16. The molecular formula is C13H16N2O4S. The average molecular weight is 296 g/mol. The number of hydrogen-bond acceptors (Lipinski definition) is 6. The molecule has 1 atom stereocenters. The summed E-state index contributed by atoms with van der Waals surface area (Å²) in [5, 5.41) is 4.33. The van der Waals surface area contributed by atoms with Crippen LogP contribution in [-0.4, -0.2) is 44.5 Å². The molecule has 1 aliphatic heterocycles. The number of ether oxygens (including phenoxy) is 3. The normalized spacial score (nSPS) is 16.9. The Bertz CT molecular complexity index is 504. The highest BCUT2D eigenvalue weighted by molar-refractivity contribution is 8.07. The van der Waals surface area contributed by atoms with Gasteiger partial charge in [-0.3, -0.25) is 4.79 Å². The molecule has 1 unspecified atom stereocenters. The highest BCUT2D eigenvalue weighted by Gasteiger charge is 2.20. The van der Waals surface area contributed by atoms with Gasteiger partial charge in [-0.25, -0.2) is 5.43 Å². The van der Waals surface area contributed by atoms with E-state index in [9.17, 15) is 4.79 Å². The minimum absolute atomic E-state index is 0.328. The monoisotopic (exact) mass is 296 g/mol. The molecule has 0 radical (unpaired) electrons. The Kier molecular flexibility index (Phi) is 4.73. The number of hydrogen-bond donors (Lipinski definition) is 1. The summed E-state index contributed by atoms with van der Waals surface area (Å²) >= 11 is 1.78. The number of carbonyl (C=O) groups is 1. The Morgan fingerprint density at radius 2 is 1.90 bits per heavy atom. The minimum Gasteiger partial charge on any atom is -0.493 e. The summed E-state index contributed by atoms with van der Waals surface area (Å²) < 4.78 is 15.6. The first-order valence-corrected chi connectivity index (χ1v) is 6.99. The van der Waals surface area contributed by atoms with Crippen molar-refractivity contribution in [2.24, 2.45) is 5.10 Å². The van der Waals surface area contributed by atoms with Crippen LogP contribution in [-0.2, 0) is 0 Å². The third-order valence-electron chi connectivity index (χ3n) is 2.69. The van der Waals surface area contributed by atoms with Gasteiger partial charge in [0.25, 0.3) is 5.91 Å². The van der Waals surface area contributed by atoms with Crippen LogP contribution in [0.4, 0.5) is 0 Å². The third-order valence-corrected chi connectivity index (χ3v) is 3.53. The van der Waals surface area contributed by atoms with Crippen molar-refractivity contribution >= 4 is 23.9 Å². The van der Waals surface area contributed by atoms with Crippen molar-refractivity contribution in [1.29, 1.82) is 0 Å². The summed E-state index contributed by atoms with van der Waals surface area (Å²) in [5.41, 5.74) is 2.86.